The van der Waals surface area contributed by atoms with Crippen molar-refractivity contribution < 1.29 is 4.79 Å². The molecule has 1 heteroatoms. The van der Waals surface area contributed by atoms with Crippen molar-refractivity contribution in [1.29, 1.82) is 0 Å². The van der Waals surface area contributed by atoms with Crippen molar-refractivity contribution >= 4 is 11.9 Å². The van der Waals surface area contributed by atoms with Crippen molar-refractivity contribution in [2.75, 3.05) is 0 Å². The van der Waals surface area contributed by atoms with Gasteiger partial charge in [0.05, 0.1) is 0 Å². The summed E-state index contributed by atoms with van der Waals surface area (Å²) in [5.41, 5.74) is 3.07. The molecule has 0 aliphatic carbocycles. The van der Waals surface area contributed by atoms with Crippen LogP contribution in [-0.4, -0.2) is 6.29 Å². The fourth-order valence-corrected chi connectivity index (χ4v) is 1.34. The molecule has 0 saturated heterocycles. The molecule has 98 valence electrons. The molecule has 1 aromatic rings. The van der Waals surface area contributed by atoms with Gasteiger partial charge in [0.25, 0.3) is 0 Å². The standard InChI is InChI=1S/C15H18O.C2H6/c1-12(2)5-4-6-13(3)15-9-7-14(11-16)8-10-15;1-2/h4-12H,1-3H3;1-2H3/b5-4+,13-6+;. The number of benzene rings is 1. The average molecular weight is 244 g/mol. The predicted octanol–water partition coefficient (Wildman–Crippen LogP) is 5.14. The first-order valence-corrected chi connectivity index (χ1v) is 6.54. The van der Waals surface area contributed by atoms with E-state index in [9.17, 15) is 4.79 Å². The van der Waals surface area contributed by atoms with Crippen LogP contribution in [0.15, 0.2) is 42.5 Å². The van der Waals surface area contributed by atoms with Gasteiger partial charge < -0.3 is 0 Å². The monoisotopic (exact) mass is 244 g/mol. The minimum Gasteiger partial charge on any atom is -0.298 e. The van der Waals surface area contributed by atoms with Crippen LogP contribution in [0.5, 0.6) is 0 Å². The number of rotatable bonds is 4. The molecule has 0 aromatic heterocycles. The molecule has 0 unspecified atom stereocenters. The molecule has 0 N–H and O–H groups in total. The molecule has 1 rings (SSSR count). The van der Waals surface area contributed by atoms with Crippen molar-refractivity contribution in [3.8, 4) is 0 Å². The first kappa shape index (κ1) is 16.4. The Balaban J connectivity index is 0.00000137. The summed E-state index contributed by atoms with van der Waals surface area (Å²) in [5.74, 6) is 0.571. The minimum absolute atomic E-state index is 0.571. The van der Waals surface area contributed by atoms with Crippen molar-refractivity contribution in [3.63, 3.8) is 0 Å². The quantitative estimate of drug-likeness (QED) is 0.529. The van der Waals surface area contributed by atoms with E-state index in [1.807, 2.05) is 38.1 Å². The zero-order chi connectivity index (χ0) is 14.0. The van der Waals surface area contributed by atoms with Gasteiger partial charge in [0, 0.05) is 5.56 Å². The summed E-state index contributed by atoms with van der Waals surface area (Å²) >= 11 is 0. The maximum atomic E-state index is 10.5. The maximum Gasteiger partial charge on any atom is 0.150 e. The van der Waals surface area contributed by atoms with Crippen LogP contribution in [0.4, 0.5) is 0 Å². The first-order chi connectivity index (χ1) is 8.63. The summed E-state index contributed by atoms with van der Waals surface area (Å²) < 4.78 is 0. The molecule has 1 nitrogen and oxygen atoms in total. The lowest BCUT2D eigenvalue weighted by molar-refractivity contribution is 0.112. The normalized spacial score (nSPS) is 11.3. The Kier molecular flexibility index (Phi) is 8.55. The highest BCUT2D eigenvalue weighted by Gasteiger charge is 1.94. The molecule has 0 heterocycles. The van der Waals surface area contributed by atoms with E-state index in [4.69, 9.17) is 0 Å². The van der Waals surface area contributed by atoms with Crippen LogP contribution in [-0.2, 0) is 0 Å². The predicted molar refractivity (Wildman–Crippen MR) is 80.8 cm³/mol. The van der Waals surface area contributed by atoms with Gasteiger partial charge in [-0.15, -0.1) is 0 Å². The van der Waals surface area contributed by atoms with E-state index < -0.39 is 0 Å². The Morgan fingerprint density at radius 2 is 1.67 bits per heavy atom. The summed E-state index contributed by atoms with van der Waals surface area (Å²) in [6.45, 7) is 10.4. The van der Waals surface area contributed by atoms with Gasteiger partial charge in [-0.05, 0) is 24.0 Å². The van der Waals surface area contributed by atoms with Crippen LogP contribution >= 0.6 is 0 Å². The average Bonchev–Trinajstić information content (AvgIpc) is 2.40. The second kappa shape index (κ2) is 9.41. The van der Waals surface area contributed by atoms with Gasteiger partial charge in [-0.25, -0.2) is 0 Å². The van der Waals surface area contributed by atoms with Crippen molar-refractivity contribution in [2.24, 2.45) is 5.92 Å². The van der Waals surface area contributed by atoms with Gasteiger partial charge in [-0.3, -0.25) is 4.79 Å². The van der Waals surface area contributed by atoms with E-state index in [1.54, 1.807) is 0 Å². The minimum atomic E-state index is 0.571. The zero-order valence-electron chi connectivity index (χ0n) is 12.1. The third-order valence-electron chi connectivity index (χ3n) is 2.34. The topological polar surface area (TPSA) is 17.1 Å². The zero-order valence-corrected chi connectivity index (χ0v) is 12.1. The molecule has 0 spiro atoms. The highest BCUT2D eigenvalue weighted by Crippen LogP contribution is 2.14. The Morgan fingerprint density at radius 1 is 1.11 bits per heavy atom. The van der Waals surface area contributed by atoms with Gasteiger partial charge in [0.2, 0.25) is 0 Å². The largest absolute Gasteiger partial charge is 0.298 e. The van der Waals surface area contributed by atoms with E-state index in [0.29, 0.717) is 11.5 Å². The Morgan fingerprint density at radius 3 is 2.11 bits per heavy atom. The molecule has 18 heavy (non-hydrogen) atoms. The van der Waals surface area contributed by atoms with Crippen LogP contribution in [0.3, 0.4) is 0 Å². The second-order valence-electron chi connectivity index (χ2n) is 4.22. The SMILES string of the molecule is C/C(=C\C=C\C(C)C)c1ccc(C=O)cc1.CC. The summed E-state index contributed by atoms with van der Waals surface area (Å²) in [6, 6.07) is 7.62. The third kappa shape index (κ3) is 6.19. The first-order valence-electron chi connectivity index (χ1n) is 6.54. The second-order valence-corrected chi connectivity index (χ2v) is 4.22. The number of allylic oxidation sites excluding steroid dienone is 4. The van der Waals surface area contributed by atoms with E-state index in [1.165, 1.54) is 5.57 Å². The van der Waals surface area contributed by atoms with Crippen molar-refractivity contribution in [1.82, 2.24) is 0 Å². The maximum absolute atomic E-state index is 10.5. The van der Waals surface area contributed by atoms with E-state index in [-0.39, 0.29) is 0 Å². The third-order valence-corrected chi connectivity index (χ3v) is 2.34. The van der Waals surface area contributed by atoms with Gasteiger partial charge in [0.15, 0.2) is 0 Å². The molecule has 0 fully saturated rings. The fraction of sp³-hybridized carbons (Fsp3) is 0.353. The number of carbonyl (C=O) groups excluding carboxylic acids is 1. The lowest BCUT2D eigenvalue weighted by atomic mass is 10.0. The summed E-state index contributed by atoms with van der Waals surface area (Å²) in [6.07, 6.45) is 7.19. The van der Waals surface area contributed by atoms with Crippen LogP contribution in [0, 0.1) is 5.92 Å². The summed E-state index contributed by atoms with van der Waals surface area (Å²) in [4.78, 5) is 10.5. The number of hydrogen-bond acceptors (Lipinski definition) is 1. The molecule has 0 atom stereocenters. The molecule has 0 saturated carbocycles. The molecule has 0 aliphatic heterocycles. The van der Waals surface area contributed by atoms with Crippen LogP contribution in [0.25, 0.3) is 5.57 Å². The molecule has 0 aliphatic rings. The van der Waals surface area contributed by atoms with Crippen LogP contribution in [0.1, 0.15) is 50.5 Å². The van der Waals surface area contributed by atoms with E-state index >= 15 is 0 Å². The highest BCUT2D eigenvalue weighted by atomic mass is 16.1. The lowest BCUT2D eigenvalue weighted by Gasteiger charge is -2.00. The molecule has 0 radical (unpaired) electrons. The van der Waals surface area contributed by atoms with Crippen molar-refractivity contribution in [3.05, 3.63) is 53.6 Å². The van der Waals surface area contributed by atoms with Gasteiger partial charge in [-0.2, -0.15) is 0 Å². The van der Waals surface area contributed by atoms with E-state index in [2.05, 4.69) is 39.0 Å². The molecular formula is C17H24O. The number of aldehydes is 1. The van der Waals surface area contributed by atoms with Crippen molar-refractivity contribution in [2.45, 2.75) is 34.6 Å². The van der Waals surface area contributed by atoms with Crippen LogP contribution < -0.4 is 0 Å². The van der Waals surface area contributed by atoms with Gasteiger partial charge >= 0.3 is 0 Å². The molecule has 0 bridgehead atoms. The van der Waals surface area contributed by atoms with Gasteiger partial charge in [0.1, 0.15) is 6.29 Å². The molecule has 1 aromatic carbocycles. The highest BCUT2D eigenvalue weighted by molar-refractivity contribution is 5.76. The number of carbonyl (C=O) groups is 1. The Bertz CT molecular complexity index is 394. The summed E-state index contributed by atoms with van der Waals surface area (Å²) in [7, 11) is 0. The fourth-order valence-electron chi connectivity index (χ4n) is 1.34. The number of hydrogen-bond donors (Lipinski definition) is 0. The van der Waals surface area contributed by atoms with E-state index in [0.717, 1.165) is 11.8 Å². The molecule has 0 amide bonds. The smallest absolute Gasteiger partial charge is 0.150 e. The molecular weight excluding hydrogens is 220 g/mol. The Labute approximate surface area is 111 Å². The summed E-state index contributed by atoms with van der Waals surface area (Å²) in [5, 5.41) is 0. The van der Waals surface area contributed by atoms with Gasteiger partial charge in [-0.1, -0.05) is 70.2 Å². The Hall–Kier alpha value is -1.63. The lowest BCUT2D eigenvalue weighted by Crippen LogP contribution is -1.82. The van der Waals surface area contributed by atoms with Crippen LogP contribution in [0.2, 0.25) is 0 Å².